The quantitative estimate of drug-likeness (QED) is 0.892. The van der Waals surface area contributed by atoms with Gasteiger partial charge in [0.15, 0.2) is 0 Å². The van der Waals surface area contributed by atoms with E-state index in [1.807, 2.05) is 31.2 Å². The van der Waals surface area contributed by atoms with Crippen molar-refractivity contribution in [1.82, 2.24) is 4.90 Å². The highest BCUT2D eigenvalue weighted by atomic mass is 19.3. The van der Waals surface area contributed by atoms with Crippen molar-refractivity contribution < 1.29 is 13.6 Å². The fourth-order valence-corrected chi connectivity index (χ4v) is 2.02. The van der Waals surface area contributed by atoms with Gasteiger partial charge in [-0.25, -0.2) is 8.78 Å². The second kappa shape index (κ2) is 5.44. The van der Waals surface area contributed by atoms with E-state index in [1.54, 1.807) is 4.90 Å². The Balaban J connectivity index is 1.77. The van der Waals surface area contributed by atoms with Crippen LogP contribution in [-0.2, 0) is 4.79 Å². The van der Waals surface area contributed by atoms with Gasteiger partial charge in [0.1, 0.15) is 0 Å². The molecule has 1 heterocycles. The Bertz CT molecular complexity index is 431. The zero-order valence-corrected chi connectivity index (χ0v) is 10.2. The SMILES string of the molecule is Cc1cccc(NC(=O)CN2CC(C(F)F)C2)c1. The van der Waals surface area contributed by atoms with Crippen molar-refractivity contribution in [1.29, 1.82) is 0 Å². The van der Waals surface area contributed by atoms with E-state index in [-0.39, 0.29) is 12.5 Å². The maximum Gasteiger partial charge on any atom is 0.243 e. The second-order valence-corrected chi connectivity index (χ2v) is 4.71. The van der Waals surface area contributed by atoms with Gasteiger partial charge in [-0.15, -0.1) is 0 Å². The fourth-order valence-electron chi connectivity index (χ4n) is 2.02. The van der Waals surface area contributed by atoms with Crippen LogP contribution in [0.25, 0.3) is 0 Å². The van der Waals surface area contributed by atoms with Gasteiger partial charge in [0.05, 0.1) is 6.54 Å². The largest absolute Gasteiger partial charge is 0.325 e. The molecule has 2 rings (SSSR count). The second-order valence-electron chi connectivity index (χ2n) is 4.71. The summed E-state index contributed by atoms with van der Waals surface area (Å²) in [6.07, 6.45) is -2.28. The van der Waals surface area contributed by atoms with Crippen LogP contribution in [0.2, 0.25) is 0 Å². The number of amides is 1. The van der Waals surface area contributed by atoms with E-state index in [0.29, 0.717) is 13.1 Å². The first kappa shape index (κ1) is 13.0. The number of halogens is 2. The van der Waals surface area contributed by atoms with E-state index in [2.05, 4.69) is 5.32 Å². The molecule has 0 atom stereocenters. The van der Waals surface area contributed by atoms with Gasteiger partial charge in [-0.3, -0.25) is 9.69 Å². The predicted molar refractivity (Wildman–Crippen MR) is 65.7 cm³/mol. The Labute approximate surface area is 105 Å². The molecule has 18 heavy (non-hydrogen) atoms. The lowest BCUT2D eigenvalue weighted by Gasteiger charge is -2.38. The summed E-state index contributed by atoms with van der Waals surface area (Å²) in [6, 6.07) is 7.48. The van der Waals surface area contributed by atoms with E-state index in [1.165, 1.54) is 0 Å². The molecule has 0 spiro atoms. The molecule has 1 aromatic carbocycles. The van der Waals surface area contributed by atoms with Crippen molar-refractivity contribution in [2.24, 2.45) is 5.92 Å². The van der Waals surface area contributed by atoms with Crippen molar-refractivity contribution >= 4 is 11.6 Å². The van der Waals surface area contributed by atoms with Crippen molar-refractivity contribution in [3.63, 3.8) is 0 Å². The number of nitrogens with zero attached hydrogens (tertiary/aromatic N) is 1. The average Bonchev–Trinajstić information content (AvgIpc) is 2.22. The van der Waals surface area contributed by atoms with Crippen LogP contribution in [0.15, 0.2) is 24.3 Å². The fraction of sp³-hybridized carbons (Fsp3) is 0.462. The third kappa shape index (κ3) is 3.26. The summed E-state index contributed by atoms with van der Waals surface area (Å²) < 4.78 is 24.5. The first-order valence-electron chi connectivity index (χ1n) is 5.91. The summed E-state index contributed by atoms with van der Waals surface area (Å²) in [5.41, 5.74) is 1.81. The number of aryl methyl sites for hydroxylation is 1. The van der Waals surface area contributed by atoms with Crippen LogP contribution >= 0.6 is 0 Å². The number of carbonyl (C=O) groups excluding carboxylic acids is 1. The molecule has 0 unspecified atom stereocenters. The Hall–Kier alpha value is -1.49. The third-order valence-electron chi connectivity index (χ3n) is 3.01. The number of likely N-dealkylation sites (tertiary alicyclic amines) is 1. The minimum Gasteiger partial charge on any atom is -0.325 e. The summed E-state index contributed by atoms with van der Waals surface area (Å²) in [5.74, 6) is -0.731. The highest BCUT2D eigenvalue weighted by Gasteiger charge is 2.34. The Kier molecular flexibility index (Phi) is 3.91. The molecular weight excluding hydrogens is 238 g/mol. The molecule has 1 aliphatic heterocycles. The van der Waals surface area contributed by atoms with Gasteiger partial charge in [0.25, 0.3) is 0 Å². The monoisotopic (exact) mass is 254 g/mol. The Morgan fingerprint density at radius 1 is 1.50 bits per heavy atom. The molecule has 1 aliphatic rings. The minimum absolute atomic E-state index is 0.159. The molecule has 1 aromatic rings. The predicted octanol–water partition coefficient (Wildman–Crippen LogP) is 2.13. The summed E-state index contributed by atoms with van der Waals surface area (Å²) >= 11 is 0. The number of hydrogen-bond acceptors (Lipinski definition) is 2. The lowest BCUT2D eigenvalue weighted by atomic mass is 10.0. The minimum atomic E-state index is -2.28. The van der Waals surface area contributed by atoms with E-state index < -0.39 is 12.3 Å². The lowest BCUT2D eigenvalue weighted by Crippen LogP contribution is -2.52. The molecule has 1 fully saturated rings. The van der Waals surface area contributed by atoms with E-state index in [4.69, 9.17) is 0 Å². The summed E-state index contributed by atoms with van der Waals surface area (Å²) in [7, 11) is 0. The van der Waals surface area contributed by atoms with Crippen LogP contribution in [0.4, 0.5) is 14.5 Å². The van der Waals surface area contributed by atoms with Crippen LogP contribution in [0.5, 0.6) is 0 Å². The van der Waals surface area contributed by atoms with E-state index in [9.17, 15) is 13.6 Å². The van der Waals surface area contributed by atoms with Gasteiger partial charge >= 0.3 is 0 Å². The topological polar surface area (TPSA) is 32.3 Å². The van der Waals surface area contributed by atoms with Gasteiger partial charge in [-0.1, -0.05) is 12.1 Å². The Morgan fingerprint density at radius 2 is 2.22 bits per heavy atom. The molecule has 0 aromatic heterocycles. The van der Waals surface area contributed by atoms with Crippen molar-refractivity contribution in [3.8, 4) is 0 Å². The molecule has 0 radical (unpaired) electrons. The summed E-state index contributed by atoms with van der Waals surface area (Å²) in [5, 5.41) is 2.76. The van der Waals surface area contributed by atoms with Crippen LogP contribution < -0.4 is 5.32 Å². The zero-order chi connectivity index (χ0) is 13.1. The van der Waals surface area contributed by atoms with E-state index >= 15 is 0 Å². The molecule has 5 heteroatoms. The van der Waals surface area contributed by atoms with Crippen molar-refractivity contribution in [2.75, 3.05) is 25.0 Å². The number of hydrogen-bond donors (Lipinski definition) is 1. The number of alkyl halides is 2. The van der Waals surface area contributed by atoms with Gasteiger partial charge in [0.2, 0.25) is 12.3 Å². The first-order chi connectivity index (χ1) is 8.54. The molecular formula is C13H16F2N2O. The van der Waals surface area contributed by atoms with E-state index in [0.717, 1.165) is 11.3 Å². The number of nitrogens with one attached hydrogen (secondary N) is 1. The van der Waals surface area contributed by atoms with Crippen LogP contribution in [0, 0.1) is 12.8 Å². The standard InChI is InChI=1S/C13H16F2N2O/c1-9-3-2-4-11(5-9)16-12(18)8-17-6-10(7-17)13(14)15/h2-5,10,13H,6-8H2,1H3,(H,16,18). The molecule has 0 bridgehead atoms. The molecule has 0 aliphatic carbocycles. The number of carbonyl (C=O) groups is 1. The first-order valence-corrected chi connectivity index (χ1v) is 5.91. The van der Waals surface area contributed by atoms with Gasteiger partial charge in [0, 0.05) is 24.7 Å². The average molecular weight is 254 g/mol. The number of benzene rings is 1. The number of rotatable bonds is 4. The zero-order valence-electron chi connectivity index (χ0n) is 10.2. The molecule has 3 nitrogen and oxygen atoms in total. The van der Waals surface area contributed by atoms with Crippen molar-refractivity contribution in [2.45, 2.75) is 13.3 Å². The maximum atomic E-state index is 12.3. The van der Waals surface area contributed by atoms with Gasteiger partial charge in [-0.2, -0.15) is 0 Å². The highest BCUT2D eigenvalue weighted by Crippen LogP contribution is 2.21. The van der Waals surface area contributed by atoms with Crippen LogP contribution in [0.1, 0.15) is 5.56 Å². The highest BCUT2D eigenvalue weighted by molar-refractivity contribution is 5.92. The molecule has 1 N–H and O–H groups in total. The Morgan fingerprint density at radius 3 is 2.83 bits per heavy atom. The summed E-state index contributed by atoms with van der Waals surface area (Å²) in [4.78, 5) is 13.4. The normalized spacial score (nSPS) is 16.7. The molecule has 0 saturated carbocycles. The van der Waals surface area contributed by atoms with Crippen molar-refractivity contribution in [3.05, 3.63) is 29.8 Å². The van der Waals surface area contributed by atoms with Gasteiger partial charge in [-0.05, 0) is 24.6 Å². The van der Waals surface area contributed by atoms with Gasteiger partial charge < -0.3 is 5.32 Å². The summed E-state index contributed by atoms with van der Waals surface area (Å²) in [6.45, 7) is 2.73. The van der Waals surface area contributed by atoms with Crippen LogP contribution in [0.3, 0.4) is 0 Å². The number of anilines is 1. The maximum absolute atomic E-state index is 12.3. The molecule has 98 valence electrons. The third-order valence-corrected chi connectivity index (χ3v) is 3.01. The molecule has 1 saturated heterocycles. The van der Waals surface area contributed by atoms with Crippen LogP contribution in [-0.4, -0.2) is 36.9 Å². The smallest absolute Gasteiger partial charge is 0.243 e. The molecule has 1 amide bonds. The lowest BCUT2D eigenvalue weighted by molar-refractivity contribution is -0.120.